The topological polar surface area (TPSA) is 81.2 Å². The van der Waals surface area contributed by atoms with Gasteiger partial charge in [-0.1, -0.05) is 6.07 Å². The van der Waals surface area contributed by atoms with Crippen LogP contribution in [0.5, 0.6) is 0 Å². The van der Waals surface area contributed by atoms with E-state index in [1.807, 2.05) is 22.9 Å². The van der Waals surface area contributed by atoms with Crippen molar-refractivity contribution < 1.29 is 14.3 Å². The van der Waals surface area contributed by atoms with E-state index in [1.165, 1.54) is 35.9 Å². The molecule has 0 unspecified atom stereocenters. The lowest BCUT2D eigenvalue weighted by Crippen LogP contribution is -2.20. The molecule has 0 saturated carbocycles. The van der Waals surface area contributed by atoms with Gasteiger partial charge in [0, 0.05) is 17.8 Å². The van der Waals surface area contributed by atoms with Gasteiger partial charge < -0.3 is 4.74 Å². The normalized spacial score (nSPS) is 10.3. The molecule has 0 aromatic carbocycles. The molecule has 0 fully saturated rings. The number of thiophene rings is 1. The molecule has 3 aromatic heterocycles. The Labute approximate surface area is 139 Å². The summed E-state index contributed by atoms with van der Waals surface area (Å²) in [6.45, 7) is -0.366. The number of anilines is 1. The third-order valence-corrected chi connectivity index (χ3v) is 4.42. The van der Waals surface area contributed by atoms with Crippen molar-refractivity contribution in [3.8, 4) is 10.6 Å². The highest BCUT2D eigenvalue weighted by atomic mass is 32.1. The fourth-order valence-corrected chi connectivity index (χ4v) is 3.21. The Morgan fingerprint density at radius 1 is 1.17 bits per heavy atom. The minimum Gasteiger partial charge on any atom is -0.452 e. The Kier molecular flexibility index (Phi) is 4.74. The largest absolute Gasteiger partial charge is 0.452 e. The summed E-state index contributed by atoms with van der Waals surface area (Å²) in [5.41, 5.74) is 1.16. The molecule has 3 heterocycles. The maximum absolute atomic E-state index is 11.8. The van der Waals surface area contributed by atoms with E-state index in [0.29, 0.717) is 10.7 Å². The van der Waals surface area contributed by atoms with Gasteiger partial charge in [-0.05, 0) is 23.6 Å². The van der Waals surface area contributed by atoms with E-state index in [4.69, 9.17) is 4.74 Å². The van der Waals surface area contributed by atoms with Crippen LogP contribution in [0.15, 0.2) is 47.4 Å². The van der Waals surface area contributed by atoms with Crippen molar-refractivity contribution in [3.05, 3.63) is 53.0 Å². The van der Waals surface area contributed by atoms with E-state index < -0.39 is 11.9 Å². The first-order chi connectivity index (χ1) is 11.2. The third kappa shape index (κ3) is 3.99. The van der Waals surface area contributed by atoms with Crippen LogP contribution in [-0.4, -0.2) is 28.5 Å². The van der Waals surface area contributed by atoms with Crippen LogP contribution in [0.3, 0.4) is 0 Å². The zero-order valence-corrected chi connectivity index (χ0v) is 13.4. The van der Waals surface area contributed by atoms with Gasteiger partial charge in [0.1, 0.15) is 0 Å². The van der Waals surface area contributed by atoms with E-state index in [-0.39, 0.29) is 6.61 Å². The zero-order chi connectivity index (χ0) is 16.1. The van der Waals surface area contributed by atoms with Crippen LogP contribution in [-0.2, 0) is 9.53 Å². The number of rotatable bonds is 5. The molecule has 0 spiro atoms. The van der Waals surface area contributed by atoms with Crippen LogP contribution >= 0.6 is 22.7 Å². The lowest BCUT2D eigenvalue weighted by atomic mass is 10.3. The number of hydrogen-bond donors (Lipinski definition) is 1. The molecule has 1 amide bonds. The number of nitrogens with one attached hydrogen (secondary N) is 1. The van der Waals surface area contributed by atoms with Gasteiger partial charge in [0.2, 0.25) is 0 Å². The summed E-state index contributed by atoms with van der Waals surface area (Å²) in [5, 5.41) is 6.91. The molecule has 116 valence electrons. The monoisotopic (exact) mass is 345 g/mol. The predicted octanol–water partition coefficient (Wildman–Crippen LogP) is 3.06. The quantitative estimate of drug-likeness (QED) is 0.719. The summed E-state index contributed by atoms with van der Waals surface area (Å²) >= 11 is 2.90. The highest BCUT2D eigenvalue weighted by Gasteiger charge is 2.12. The standard InChI is InChI=1S/C15H11N3O3S2/c19-13(8-21-14(20)10-3-5-16-6-4-10)18-15-17-11(9-23-15)12-2-1-7-22-12/h1-7,9H,8H2,(H,17,18,19). The van der Waals surface area contributed by atoms with Gasteiger partial charge in [-0.25, -0.2) is 9.78 Å². The number of nitrogens with zero attached hydrogens (tertiary/aromatic N) is 2. The number of ether oxygens (including phenoxy) is 1. The molecule has 8 heteroatoms. The van der Waals surface area contributed by atoms with E-state index in [1.54, 1.807) is 11.3 Å². The second-order valence-electron chi connectivity index (χ2n) is 4.38. The number of amides is 1. The average Bonchev–Trinajstić information content (AvgIpc) is 3.24. The van der Waals surface area contributed by atoms with Crippen molar-refractivity contribution >= 4 is 39.7 Å². The molecule has 1 N–H and O–H groups in total. The molecule has 0 saturated heterocycles. The average molecular weight is 345 g/mol. The van der Waals surface area contributed by atoms with Gasteiger partial charge >= 0.3 is 5.97 Å². The number of thiazole rings is 1. The maximum atomic E-state index is 11.8. The maximum Gasteiger partial charge on any atom is 0.338 e. The third-order valence-electron chi connectivity index (χ3n) is 2.77. The SMILES string of the molecule is O=C(COC(=O)c1ccncc1)Nc1nc(-c2cccs2)cs1. The number of carbonyl (C=O) groups is 2. The van der Waals surface area contributed by atoms with Gasteiger partial charge in [-0.15, -0.1) is 22.7 Å². The molecule has 0 atom stereocenters. The molecule has 6 nitrogen and oxygen atoms in total. The summed E-state index contributed by atoms with van der Waals surface area (Å²) in [6, 6.07) is 6.95. The molecular formula is C15H11N3O3S2. The van der Waals surface area contributed by atoms with Gasteiger partial charge in [-0.2, -0.15) is 0 Å². The molecular weight excluding hydrogens is 334 g/mol. The fourth-order valence-electron chi connectivity index (χ4n) is 1.73. The smallest absolute Gasteiger partial charge is 0.338 e. The van der Waals surface area contributed by atoms with Crippen LogP contribution in [0.25, 0.3) is 10.6 Å². The Balaban J connectivity index is 1.53. The summed E-state index contributed by atoms with van der Waals surface area (Å²) in [4.78, 5) is 32.7. The summed E-state index contributed by atoms with van der Waals surface area (Å²) < 4.78 is 4.94. The van der Waals surface area contributed by atoms with Crippen LogP contribution in [0, 0.1) is 0 Å². The Morgan fingerprint density at radius 3 is 2.74 bits per heavy atom. The summed E-state index contributed by atoms with van der Waals surface area (Å²) in [5.74, 6) is -1.000. The first kappa shape index (κ1) is 15.3. The van der Waals surface area contributed by atoms with E-state index >= 15 is 0 Å². The molecule has 0 radical (unpaired) electrons. The second-order valence-corrected chi connectivity index (χ2v) is 6.18. The van der Waals surface area contributed by atoms with Crippen molar-refractivity contribution in [1.29, 1.82) is 0 Å². The van der Waals surface area contributed by atoms with Crippen molar-refractivity contribution in [2.75, 3.05) is 11.9 Å². The molecule has 0 aliphatic heterocycles. The highest BCUT2D eigenvalue weighted by molar-refractivity contribution is 7.16. The molecule has 0 aliphatic carbocycles. The van der Waals surface area contributed by atoms with Crippen LogP contribution in [0.2, 0.25) is 0 Å². The summed E-state index contributed by atoms with van der Waals surface area (Å²) in [6.07, 6.45) is 2.97. The van der Waals surface area contributed by atoms with Crippen LogP contribution in [0.4, 0.5) is 5.13 Å². The lowest BCUT2D eigenvalue weighted by Gasteiger charge is -2.04. The second kappa shape index (κ2) is 7.12. The van der Waals surface area contributed by atoms with Gasteiger partial charge in [-0.3, -0.25) is 15.1 Å². The van der Waals surface area contributed by atoms with E-state index in [9.17, 15) is 9.59 Å². The molecule has 23 heavy (non-hydrogen) atoms. The molecule has 0 bridgehead atoms. The van der Waals surface area contributed by atoms with E-state index in [2.05, 4.69) is 15.3 Å². The highest BCUT2D eigenvalue weighted by Crippen LogP contribution is 2.28. The first-order valence-electron chi connectivity index (χ1n) is 6.59. The van der Waals surface area contributed by atoms with Crippen molar-refractivity contribution in [3.63, 3.8) is 0 Å². The first-order valence-corrected chi connectivity index (χ1v) is 8.35. The van der Waals surface area contributed by atoms with Gasteiger partial charge in [0.25, 0.3) is 5.91 Å². The van der Waals surface area contributed by atoms with Crippen molar-refractivity contribution in [2.45, 2.75) is 0 Å². The number of esters is 1. The Morgan fingerprint density at radius 2 is 2.00 bits per heavy atom. The number of carbonyl (C=O) groups excluding carboxylic acids is 2. The zero-order valence-electron chi connectivity index (χ0n) is 11.8. The summed E-state index contributed by atoms with van der Waals surface area (Å²) in [7, 11) is 0. The molecule has 0 aliphatic rings. The number of hydrogen-bond acceptors (Lipinski definition) is 7. The van der Waals surface area contributed by atoms with Crippen molar-refractivity contribution in [1.82, 2.24) is 9.97 Å². The van der Waals surface area contributed by atoms with E-state index in [0.717, 1.165) is 10.6 Å². The lowest BCUT2D eigenvalue weighted by molar-refractivity contribution is -0.119. The van der Waals surface area contributed by atoms with Gasteiger partial charge in [0.15, 0.2) is 11.7 Å². The van der Waals surface area contributed by atoms with Crippen LogP contribution in [0.1, 0.15) is 10.4 Å². The number of aromatic nitrogens is 2. The fraction of sp³-hybridized carbons (Fsp3) is 0.0667. The minimum absolute atomic E-state index is 0.349. The minimum atomic E-state index is -0.569. The predicted molar refractivity (Wildman–Crippen MR) is 88.6 cm³/mol. The Hall–Kier alpha value is -2.58. The van der Waals surface area contributed by atoms with Crippen LogP contribution < -0.4 is 5.32 Å². The van der Waals surface area contributed by atoms with Gasteiger partial charge in [0.05, 0.1) is 16.1 Å². The number of pyridine rings is 1. The Bertz CT molecular complexity index is 801. The molecule has 3 rings (SSSR count). The van der Waals surface area contributed by atoms with Crippen molar-refractivity contribution in [2.24, 2.45) is 0 Å². The molecule has 3 aromatic rings.